The SMILES string of the molecule is Cc1ccccc1-c1c(N)ccc(S)c1O. The van der Waals surface area contributed by atoms with E-state index in [4.69, 9.17) is 5.73 Å². The molecule has 0 saturated heterocycles. The van der Waals surface area contributed by atoms with E-state index in [1.54, 1.807) is 12.1 Å². The number of benzene rings is 2. The van der Waals surface area contributed by atoms with E-state index in [9.17, 15) is 5.11 Å². The van der Waals surface area contributed by atoms with Crippen molar-refractivity contribution in [2.75, 3.05) is 5.73 Å². The monoisotopic (exact) mass is 231 g/mol. The van der Waals surface area contributed by atoms with Crippen LogP contribution in [0.15, 0.2) is 41.3 Å². The molecule has 0 spiro atoms. The van der Waals surface area contributed by atoms with Crippen LogP contribution in [0.5, 0.6) is 5.75 Å². The first kappa shape index (κ1) is 10.9. The molecule has 0 heterocycles. The third-order valence-corrected chi connectivity index (χ3v) is 2.96. The second-order valence-corrected chi connectivity index (χ2v) is 4.19. The molecule has 0 atom stereocenters. The van der Waals surface area contributed by atoms with Gasteiger partial charge in [-0.25, -0.2) is 0 Å². The molecule has 16 heavy (non-hydrogen) atoms. The zero-order valence-corrected chi connectivity index (χ0v) is 9.83. The summed E-state index contributed by atoms with van der Waals surface area (Å²) < 4.78 is 0. The highest BCUT2D eigenvalue weighted by Gasteiger charge is 2.12. The molecule has 0 saturated carbocycles. The summed E-state index contributed by atoms with van der Waals surface area (Å²) in [5, 5.41) is 10.00. The van der Waals surface area contributed by atoms with Crippen molar-refractivity contribution in [3.63, 3.8) is 0 Å². The number of aromatic hydroxyl groups is 1. The molecule has 0 unspecified atom stereocenters. The molecule has 2 rings (SSSR count). The van der Waals surface area contributed by atoms with E-state index in [2.05, 4.69) is 12.6 Å². The average molecular weight is 231 g/mol. The van der Waals surface area contributed by atoms with Gasteiger partial charge in [-0.2, -0.15) is 0 Å². The third kappa shape index (κ3) is 1.74. The average Bonchev–Trinajstić information content (AvgIpc) is 2.27. The van der Waals surface area contributed by atoms with E-state index in [1.165, 1.54) is 0 Å². The van der Waals surface area contributed by atoms with Crippen molar-refractivity contribution in [2.24, 2.45) is 0 Å². The van der Waals surface area contributed by atoms with Crippen LogP contribution < -0.4 is 5.73 Å². The predicted molar refractivity (Wildman–Crippen MR) is 69.9 cm³/mol. The molecular weight excluding hydrogens is 218 g/mol. The molecule has 3 heteroatoms. The zero-order chi connectivity index (χ0) is 11.7. The van der Waals surface area contributed by atoms with Crippen molar-refractivity contribution in [3.05, 3.63) is 42.0 Å². The summed E-state index contributed by atoms with van der Waals surface area (Å²) in [6.07, 6.45) is 0. The van der Waals surface area contributed by atoms with E-state index >= 15 is 0 Å². The van der Waals surface area contributed by atoms with Crippen LogP contribution in [-0.2, 0) is 0 Å². The third-order valence-electron chi connectivity index (χ3n) is 2.60. The van der Waals surface area contributed by atoms with Crippen molar-refractivity contribution in [2.45, 2.75) is 11.8 Å². The molecule has 2 nitrogen and oxygen atoms in total. The largest absolute Gasteiger partial charge is 0.506 e. The number of anilines is 1. The number of nitrogens with two attached hydrogens (primary N) is 1. The molecule has 0 aliphatic rings. The maximum Gasteiger partial charge on any atom is 0.138 e. The first-order chi connectivity index (χ1) is 7.61. The molecule has 0 radical (unpaired) electrons. The highest BCUT2D eigenvalue weighted by molar-refractivity contribution is 7.80. The lowest BCUT2D eigenvalue weighted by molar-refractivity contribution is 0.465. The first-order valence-corrected chi connectivity index (χ1v) is 5.42. The van der Waals surface area contributed by atoms with Crippen LogP contribution in [0, 0.1) is 6.92 Å². The minimum absolute atomic E-state index is 0.137. The summed E-state index contributed by atoms with van der Waals surface area (Å²) in [4.78, 5) is 0.535. The van der Waals surface area contributed by atoms with Gasteiger partial charge in [-0.3, -0.25) is 0 Å². The Kier molecular flexibility index (Phi) is 2.79. The molecule has 0 aliphatic carbocycles. The minimum atomic E-state index is 0.137. The molecule has 0 fully saturated rings. The van der Waals surface area contributed by atoms with E-state index in [1.807, 2.05) is 31.2 Å². The smallest absolute Gasteiger partial charge is 0.138 e. The summed E-state index contributed by atoms with van der Waals surface area (Å²) in [5.74, 6) is 0.137. The van der Waals surface area contributed by atoms with Crippen LogP contribution in [0.3, 0.4) is 0 Å². The van der Waals surface area contributed by atoms with Crippen LogP contribution in [0.1, 0.15) is 5.56 Å². The lowest BCUT2D eigenvalue weighted by Crippen LogP contribution is -1.92. The van der Waals surface area contributed by atoms with Gasteiger partial charge in [-0.05, 0) is 30.2 Å². The standard InChI is InChI=1S/C13H13NOS/c1-8-4-2-3-5-9(8)12-10(14)6-7-11(16)13(12)15/h2-7,15-16H,14H2,1H3. The Labute approximate surface area is 100 Å². The Morgan fingerprint density at radius 1 is 1.12 bits per heavy atom. The molecule has 2 aromatic rings. The van der Waals surface area contributed by atoms with Crippen LogP contribution in [0.25, 0.3) is 11.1 Å². The Morgan fingerprint density at radius 3 is 2.50 bits per heavy atom. The fourth-order valence-corrected chi connectivity index (χ4v) is 1.92. The van der Waals surface area contributed by atoms with E-state index in [0.29, 0.717) is 16.1 Å². The van der Waals surface area contributed by atoms with Gasteiger partial charge in [0.15, 0.2) is 0 Å². The highest BCUT2D eigenvalue weighted by Crippen LogP contribution is 2.39. The first-order valence-electron chi connectivity index (χ1n) is 4.97. The van der Waals surface area contributed by atoms with Gasteiger partial charge in [0.05, 0.1) is 0 Å². The normalized spacial score (nSPS) is 10.4. The van der Waals surface area contributed by atoms with Gasteiger partial charge in [0, 0.05) is 16.1 Å². The fourth-order valence-electron chi connectivity index (χ4n) is 1.73. The number of phenolic OH excluding ortho intramolecular Hbond substituents is 1. The molecular formula is C13H13NOS. The van der Waals surface area contributed by atoms with E-state index in [0.717, 1.165) is 11.1 Å². The molecule has 0 bridgehead atoms. The lowest BCUT2D eigenvalue weighted by Gasteiger charge is -2.12. The van der Waals surface area contributed by atoms with Crippen molar-refractivity contribution in [1.29, 1.82) is 0 Å². The van der Waals surface area contributed by atoms with Crippen molar-refractivity contribution >= 4 is 18.3 Å². The topological polar surface area (TPSA) is 46.2 Å². The maximum absolute atomic E-state index is 10.00. The minimum Gasteiger partial charge on any atom is -0.506 e. The second-order valence-electron chi connectivity index (χ2n) is 3.71. The second kappa shape index (κ2) is 4.10. The number of thiol groups is 1. The van der Waals surface area contributed by atoms with E-state index in [-0.39, 0.29) is 5.75 Å². The predicted octanol–water partition coefficient (Wildman–Crippen LogP) is 3.24. The van der Waals surface area contributed by atoms with Crippen molar-refractivity contribution in [1.82, 2.24) is 0 Å². The zero-order valence-electron chi connectivity index (χ0n) is 8.94. The van der Waals surface area contributed by atoms with Crippen LogP contribution in [0.2, 0.25) is 0 Å². The van der Waals surface area contributed by atoms with Gasteiger partial charge in [0.25, 0.3) is 0 Å². The number of hydrogen-bond acceptors (Lipinski definition) is 3. The van der Waals surface area contributed by atoms with Gasteiger partial charge >= 0.3 is 0 Å². The fraction of sp³-hybridized carbons (Fsp3) is 0.0769. The Balaban J connectivity index is 2.74. The number of hydrogen-bond donors (Lipinski definition) is 3. The van der Waals surface area contributed by atoms with Crippen molar-refractivity contribution < 1.29 is 5.11 Å². The Bertz CT molecular complexity index is 537. The van der Waals surface area contributed by atoms with Gasteiger partial charge < -0.3 is 10.8 Å². The summed E-state index contributed by atoms with van der Waals surface area (Å²) in [7, 11) is 0. The highest BCUT2D eigenvalue weighted by atomic mass is 32.1. The summed E-state index contributed by atoms with van der Waals surface area (Å²) in [6, 6.07) is 11.2. The Hall–Kier alpha value is -1.61. The Morgan fingerprint density at radius 2 is 1.81 bits per heavy atom. The number of nitrogen functional groups attached to an aromatic ring is 1. The molecule has 82 valence electrons. The summed E-state index contributed by atoms with van der Waals surface area (Å²) in [5.41, 5.74) is 9.13. The van der Waals surface area contributed by atoms with Crippen molar-refractivity contribution in [3.8, 4) is 16.9 Å². The van der Waals surface area contributed by atoms with Crippen LogP contribution >= 0.6 is 12.6 Å². The maximum atomic E-state index is 10.00. The molecule has 3 N–H and O–H groups in total. The van der Waals surface area contributed by atoms with Gasteiger partial charge in [0.2, 0.25) is 0 Å². The summed E-state index contributed by atoms with van der Waals surface area (Å²) in [6.45, 7) is 1.99. The van der Waals surface area contributed by atoms with Gasteiger partial charge in [-0.1, -0.05) is 24.3 Å². The molecule has 0 amide bonds. The quantitative estimate of drug-likeness (QED) is 0.521. The van der Waals surface area contributed by atoms with Gasteiger partial charge in [-0.15, -0.1) is 12.6 Å². The van der Waals surface area contributed by atoms with Crippen LogP contribution in [0.4, 0.5) is 5.69 Å². The molecule has 0 aliphatic heterocycles. The number of phenols is 1. The molecule has 0 aromatic heterocycles. The van der Waals surface area contributed by atoms with Crippen LogP contribution in [-0.4, -0.2) is 5.11 Å². The van der Waals surface area contributed by atoms with E-state index < -0.39 is 0 Å². The summed E-state index contributed by atoms with van der Waals surface area (Å²) >= 11 is 4.19. The lowest BCUT2D eigenvalue weighted by atomic mass is 9.98. The number of rotatable bonds is 1. The molecule has 2 aromatic carbocycles. The number of aryl methyl sites for hydroxylation is 1. The van der Waals surface area contributed by atoms with Gasteiger partial charge in [0.1, 0.15) is 5.75 Å².